The van der Waals surface area contributed by atoms with E-state index >= 15 is 0 Å². The molecule has 0 saturated heterocycles. The second kappa shape index (κ2) is 7.96. The molecule has 1 atom stereocenters. The SMILES string of the molecule is Cc1ccc(C(O)CNc2ccnc(Nc3ccccc3Cl)n2)cc1. The minimum absolute atomic E-state index is 0.353. The van der Waals surface area contributed by atoms with Gasteiger partial charge in [0.15, 0.2) is 0 Å². The Hall–Kier alpha value is -2.63. The highest BCUT2D eigenvalue weighted by Gasteiger charge is 2.08. The van der Waals surface area contributed by atoms with E-state index in [0.717, 1.165) is 16.8 Å². The fraction of sp³-hybridized carbons (Fsp3) is 0.158. The first-order valence-electron chi connectivity index (χ1n) is 7.95. The van der Waals surface area contributed by atoms with E-state index in [4.69, 9.17) is 11.6 Å². The molecule has 6 heteroatoms. The van der Waals surface area contributed by atoms with Crippen LogP contribution in [-0.4, -0.2) is 21.6 Å². The maximum Gasteiger partial charge on any atom is 0.229 e. The Morgan fingerprint density at radius 3 is 2.60 bits per heavy atom. The van der Waals surface area contributed by atoms with Crippen LogP contribution >= 0.6 is 11.6 Å². The quantitative estimate of drug-likeness (QED) is 0.614. The molecule has 5 nitrogen and oxygen atoms in total. The van der Waals surface area contributed by atoms with E-state index in [2.05, 4.69) is 20.6 Å². The highest BCUT2D eigenvalue weighted by Crippen LogP contribution is 2.23. The number of nitrogens with zero attached hydrogens (tertiary/aromatic N) is 2. The molecule has 128 valence electrons. The summed E-state index contributed by atoms with van der Waals surface area (Å²) in [7, 11) is 0. The summed E-state index contributed by atoms with van der Waals surface area (Å²) in [4.78, 5) is 8.57. The Morgan fingerprint density at radius 2 is 1.84 bits per heavy atom. The maximum absolute atomic E-state index is 10.3. The molecular formula is C19H19ClN4O. The molecule has 3 N–H and O–H groups in total. The minimum Gasteiger partial charge on any atom is -0.387 e. The van der Waals surface area contributed by atoms with Crippen molar-refractivity contribution in [3.63, 3.8) is 0 Å². The van der Waals surface area contributed by atoms with Crippen LogP contribution in [0.25, 0.3) is 0 Å². The van der Waals surface area contributed by atoms with Gasteiger partial charge in [0.1, 0.15) is 5.82 Å². The highest BCUT2D eigenvalue weighted by molar-refractivity contribution is 6.33. The lowest BCUT2D eigenvalue weighted by Gasteiger charge is -2.13. The van der Waals surface area contributed by atoms with Crippen LogP contribution in [0.5, 0.6) is 0 Å². The Morgan fingerprint density at radius 1 is 1.08 bits per heavy atom. The summed E-state index contributed by atoms with van der Waals surface area (Å²) in [5, 5.41) is 17.1. The number of aliphatic hydroxyl groups is 1. The Labute approximate surface area is 151 Å². The molecule has 0 bridgehead atoms. The number of nitrogens with one attached hydrogen (secondary N) is 2. The van der Waals surface area contributed by atoms with Crippen molar-refractivity contribution in [1.29, 1.82) is 0 Å². The Bertz CT molecular complexity index is 839. The number of aliphatic hydroxyl groups excluding tert-OH is 1. The summed E-state index contributed by atoms with van der Waals surface area (Å²) >= 11 is 6.13. The lowest BCUT2D eigenvalue weighted by Crippen LogP contribution is -2.13. The zero-order valence-electron chi connectivity index (χ0n) is 13.8. The number of hydrogen-bond acceptors (Lipinski definition) is 5. The van der Waals surface area contributed by atoms with Crippen molar-refractivity contribution in [2.24, 2.45) is 0 Å². The number of anilines is 3. The third-order valence-corrected chi connectivity index (χ3v) is 4.04. The Balaban J connectivity index is 1.63. The van der Waals surface area contributed by atoms with Gasteiger partial charge in [0.05, 0.1) is 16.8 Å². The smallest absolute Gasteiger partial charge is 0.229 e. The van der Waals surface area contributed by atoms with Crippen LogP contribution in [0.4, 0.5) is 17.5 Å². The third kappa shape index (κ3) is 4.68. The zero-order valence-corrected chi connectivity index (χ0v) is 14.5. The summed E-state index contributed by atoms with van der Waals surface area (Å²) in [5.41, 5.74) is 2.76. The van der Waals surface area contributed by atoms with Crippen LogP contribution in [-0.2, 0) is 0 Å². The van der Waals surface area contributed by atoms with Gasteiger partial charge in [-0.05, 0) is 30.7 Å². The molecule has 1 aromatic heterocycles. The van der Waals surface area contributed by atoms with Gasteiger partial charge in [-0.1, -0.05) is 53.6 Å². The maximum atomic E-state index is 10.3. The fourth-order valence-corrected chi connectivity index (χ4v) is 2.49. The highest BCUT2D eigenvalue weighted by atomic mass is 35.5. The van der Waals surface area contributed by atoms with Gasteiger partial charge in [0.25, 0.3) is 0 Å². The second-order valence-corrected chi connectivity index (χ2v) is 6.08. The van der Waals surface area contributed by atoms with Crippen molar-refractivity contribution >= 4 is 29.1 Å². The first-order valence-corrected chi connectivity index (χ1v) is 8.33. The number of hydrogen-bond donors (Lipinski definition) is 3. The molecule has 1 heterocycles. The standard InChI is InChI=1S/C19H19ClN4O/c1-13-6-8-14(9-7-13)17(25)12-22-18-10-11-21-19(24-18)23-16-5-3-2-4-15(16)20/h2-11,17,25H,12H2,1H3,(H2,21,22,23,24). The van der Waals surface area contributed by atoms with Crippen LogP contribution in [0, 0.1) is 6.92 Å². The molecule has 3 aromatic rings. The average Bonchev–Trinajstić information content (AvgIpc) is 2.63. The molecule has 0 amide bonds. The summed E-state index contributed by atoms with van der Waals surface area (Å²) in [6.07, 6.45) is 1.03. The summed E-state index contributed by atoms with van der Waals surface area (Å²) in [5.74, 6) is 1.05. The minimum atomic E-state index is -0.615. The van der Waals surface area contributed by atoms with E-state index < -0.39 is 6.10 Å². The van der Waals surface area contributed by atoms with Gasteiger partial charge in [-0.3, -0.25) is 0 Å². The summed E-state index contributed by atoms with van der Waals surface area (Å²) < 4.78 is 0. The predicted octanol–water partition coefficient (Wildman–Crippen LogP) is 4.33. The van der Waals surface area contributed by atoms with Crippen molar-refractivity contribution in [2.75, 3.05) is 17.2 Å². The van der Waals surface area contributed by atoms with Crippen molar-refractivity contribution in [2.45, 2.75) is 13.0 Å². The first kappa shape index (κ1) is 17.2. The topological polar surface area (TPSA) is 70.1 Å². The van der Waals surface area contributed by atoms with Crippen LogP contribution in [0.2, 0.25) is 5.02 Å². The summed E-state index contributed by atoms with van der Waals surface area (Å²) in [6.45, 7) is 2.37. The normalized spacial score (nSPS) is 11.8. The van der Waals surface area contributed by atoms with E-state index in [9.17, 15) is 5.11 Å². The number of halogens is 1. The van der Waals surface area contributed by atoms with E-state index in [1.165, 1.54) is 0 Å². The molecule has 1 unspecified atom stereocenters. The first-order chi connectivity index (χ1) is 12.1. The van der Waals surface area contributed by atoms with E-state index in [-0.39, 0.29) is 0 Å². The molecule has 0 saturated carbocycles. The second-order valence-electron chi connectivity index (χ2n) is 5.68. The van der Waals surface area contributed by atoms with Gasteiger partial charge in [0, 0.05) is 12.7 Å². The lowest BCUT2D eigenvalue weighted by molar-refractivity contribution is 0.191. The van der Waals surface area contributed by atoms with Gasteiger partial charge >= 0.3 is 0 Å². The van der Waals surface area contributed by atoms with Crippen molar-refractivity contribution in [3.05, 3.63) is 76.9 Å². The van der Waals surface area contributed by atoms with Crippen LogP contribution in [0.1, 0.15) is 17.2 Å². The van der Waals surface area contributed by atoms with Gasteiger partial charge < -0.3 is 15.7 Å². The van der Waals surface area contributed by atoms with Crippen LogP contribution in [0.3, 0.4) is 0 Å². The predicted molar refractivity (Wildman–Crippen MR) is 101 cm³/mol. The third-order valence-electron chi connectivity index (χ3n) is 3.71. The molecule has 25 heavy (non-hydrogen) atoms. The van der Waals surface area contributed by atoms with E-state index in [1.807, 2.05) is 49.4 Å². The molecule has 0 aliphatic carbocycles. The lowest BCUT2D eigenvalue weighted by atomic mass is 10.1. The van der Waals surface area contributed by atoms with Crippen LogP contribution in [0.15, 0.2) is 60.8 Å². The molecule has 3 rings (SSSR count). The van der Waals surface area contributed by atoms with Crippen LogP contribution < -0.4 is 10.6 Å². The van der Waals surface area contributed by atoms with Crippen molar-refractivity contribution in [1.82, 2.24) is 9.97 Å². The number of aryl methyl sites for hydroxylation is 1. The molecule has 0 aliphatic rings. The monoisotopic (exact) mass is 354 g/mol. The number of aromatic nitrogens is 2. The molecule has 2 aromatic carbocycles. The van der Waals surface area contributed by atoms with Gasteiger partial charge in [-0.2, -0.15) is 4.98 Å². The average molecular weight is 355 g/mol. The largest absolute Gasteiger partial charge is 0.387 e. The fourth-order valence-electron chi connectivity index (χ4n) is 2.31. The number of para-hydroxylation sites is 1. The molecule has 0 fully saturated rings. The molecular weight excluding hydrogens is 336 g/mol. The zero-order chi connectivity index (χ0) is 17.6. The Kier molecular flexibility index (Phi) is 5.48. The molecule has 0 radical (unpaired) electrons. The van der Waals surface area contributed by atoms with Gasteiger partial charge in [-0.15, -0.1) is 0 Å². The van der Waals surface area contributed by atoms with E-state index in [1.54, 1.807) is 18.3 Å². The van der Waals surface area contributed by atoms with E-state index in [0.29, 0.717) is 23.3 Å². The molecule has 0 spiro atoms. The number of benzene rings is 2. The van der Waals surface area contributed by atoms with Gasteiger partial charge in [-0.25, -0.2) is 4.98 Å². The molecule has 0 aliphatic heterocycles. The number of rotatable bonds is 6. The van der Waals surface area contributed by atoms with Crippen molar-refractivity contribution in [3.8, 4) is 0 Å². The van der Waals surface area contributed by atoms with Crippen molar-refractivity contribution < 1.29 is 5.11 Å². The summed E-state index contributed by atoms with van der Waals surface area (Å²) in [6, 6.07) is 16.9. The van der Waals surface area contributed by atoms with Gasteiger partial charge in [0.2, 0.25) is 5.95 Å².